The molecule has 4 heteroatoms. The van der Waals surface area contributed by atoms with E-state index in [1.165, 1.54) is 6.07 Å². The normalized spacial score (nSPS) is 25.7. The highest BCUT2D eigenvalue weighted by Crippen LogP contribution is 2.39. The summed E-state index contributed by atoms with van der Waals surface area (Å²) in [7, 11) is 0. The third-order valence-electron chi connectivity index (χ3n) is 4.42. The van der Waals surface area contributed by atoms with E-state index in [0.29, 0.717) is 5.92 Å². The fourth-order valence-electron chi connectivity index (χ4n) is 3.00. The minimum atomic E-state index is -0.201. The molecule has 1 heterocycles. The number of benzene rings is 1. The van der Waals surface area contributed by atoms with E-state index in [2.05, 4.69) is 42.0 Å². The predicted molar refractivity (Wildman–Crippen MR) is 88.0 cm³/mol. The summed E-state index contributed by atoms with van der Waals surface area (Å²) in [5.74, 6) is 0.436. The zero-order valence-corrected chi connectivity index (χ0v) is 14.7. The van der Waals surface area contributed by atoms with E-state index in [9.17, 15) is 4.39 Å². The van der Waals surface area contributed by atoms with Gasteiger partial charge in [-0.05, 0) is 49.9 Å². The zero-order chi connectivity index (χ0) is 15.5. The number of halogens is 2. The van der Waals surface area contributed by atoms with E-state index in [4.69, 9.17) is 4.74 Å². The lowest BCUT2D eigenvalue weighted by Gasteiger charge is -2.33. The highest BCUT2D eigenvalue weighted by molar-refractivity contribution is 9.10. The molecule has 0 aliphatic carbocycles. The topological polar surface area (TPSA) is 21.3 Å². The van der Waals surface area contributed by atoms with Crippen molar-refractivity contribution in [2.24, 2.45) is 11.3 Å². The minimum absolute atomic E-state index is 0.0925. The second kappa shape index (κ2) is 7.21. The van der Waals surface area contributed by atoms with Crippen LogP contribution in [0.2, 0.25) is 0 Å². The number of ether oxygens (including phenoxy) is 1. The Morgan fingerprint density at radius 2 is 2.24 bits per heavy atom. The monoisotopic (exact) mass is 357 g/mol. The van der Waals surface area contributed by atoms with Gasteiger partial charge in [0.1, 0.15) is 5.82 Å². The summed E-state index contributed by atoms with van der Waals surface area (Å²) in [6.45, 7) is 9.34. The Labute approximate surface area is 135 Å². The van der Waals surface area contributed by atoms with Gasteiger partial charge in [0.05, 0.1) is 6.10 Å². The Kier molecular flexibility index (Phi) is 5.81. The minimum Gasteiger partial charge on any atom is -0.378 e. The van der Waals surface area contributed by atoms with E-state index >= 15 is 0 Å². The summed E-state index contributed by atoms with van der Waals surface area (Å²) >= 11 is 3.49. The van der Waals surface area contributed by atoms with Gasteiger partial charge in [0.25, 0.3) is 0 Å². The number of nitrogens with one attached hydrogen (secondary N) is 1. The highest BCUT2D eigenvalue weighted by Gasteiger charge is 2.41. The molecule has 0 radical (unpaired) electrons. The molecule has 0 aromatic heterocycles. The van der Waals surface area contributed by atoms with Gasteiger partial charge in [0.2, 0.25) is 0 Å². The van der Waals surface area contributed by atoms with E-state index in [1.807, 2.05) is 6.07 Å². The lowest BCUT2D eigenvalue weighted by molar-refractivity contribution is 0.0626. The molecule has 118 valence electrons. The average molecular weight is 358 g/mol. The smallest absolute Gasteiger partial charge is 0.124 e. The standard InChI is InChI=1S/C17H25BrFNO/c1-12(2)10-20-11-17(6-7-21-13(17)3)9-14-4-5-15(19)8-16(14)18/h4-5,8,12-13,20H,6-7,9-11H2,1-3H3. The molecular weight excluding hydrogens is 333 g/mol. The van der Waals surface area contributed by atoms with E-state index in [1.54, 1.807) is 6.07 Å². The first-order valence-corrected chi connectivity index (χ1v) is 8.48. The fourth-order valence-corrected chi connectivity index (χ4v) is 3.49. The molecule has 1 aromatic carbocycles. The van der Waals surface area contributed by atoms with Crippen molar-refractivity contribution in [3.05, 3.63) is 34.1 Å². The molecule has 0 bridgehead atoms. The molecule has 2 unspecified atom stereocenters. The van der Waals surface area contributed by atoms with Crippen LogP contribution in [0.4, 0.5) is 4.39 Å². The van der Waals surface area contributed by atoms with Crippen LogP contribution in [0.3, 0.4) is 0 Å². The second-order valence-corrected chi connectivity index (χ2v) is 7.42. The number of hydrogen-bond acceptors (Lipinski definition) is 2. The van der Waals surface area contributed by atoms with Gasteiger partial charge < -0.3 is 10.1 Å². The Balaban J connectivity index is 2.12. The summed E-state index contributed by atoms with van der Waals surface area (Å²) in [6, 6.07) is 4.97. The summed E-state index contributed by atoms with van der Waals surface area (Å²) in [5.41, 5.74) is 1.25. The van der Waals surface area contributed by atoms with Crippen molar-refractivity contribution < 1.29 is 9.13 Å². The molecule has 1 saturated heterocycles. The molecule has 2 rings (SSSR count). The Hall–Kier alpha value is -0.450. The average Bonchev–Trinajstić information content (AvgIpc) is 2.74. The van der Waals surface area contributed by atoms with Crippen molar-refractivity contribution >= 4 is 15.9 Å². The first-order valence-electron chi connectivity index (χ1n) is 7.69. The third-order valence-corrected chi connectivity index (χ3v) is 5.16. The first kappa shape index (κ1) is 16.9. The van der Waals surface area contributed by atoms with Crippen molar-refractivity contribution in [3.63, 3.8) is 0 Å². The molecule has 1 aliphatic heterocycles. The van der Waals surface area contributed by atoms with Gasteiger partial charge in [-0.3, -0.25) is 0 Å². The first-order chi connectivity index (χ1) is 9.93. The lowest BCUT2D eigenvalue weighted by atomic mass is 9.76. The van der Waals surface area contributed by atoms with E-state index < -0.39 is 0 Å². The van der Waals surface area contributed by atoms with Crippen LogP contribution < -0.4 is 5.32 Å². The molecule has 2 atom stereocenters. The van der Waals surface area contributed by atoms with Crippen LogP contribution in [0.25, 0.3) is 0 Å². The van der Waals surface area contributed by atoms with Crippen molar-refractivity contribution in [3.8, 4) is 0 Å². The van der Waals surface area contributed by atoms with Gasteiger partial charge in [-0.25, -0.2) is 4.39 Å². The van der Waals surface area contributed by atoms with Gasteiger partial charge in [-0.2, -0.15) is 0 Å². The van der Waals surface area contributed by atoms with Crippen molar-refractivity contribution in [1.82, 2.24) is 5.32 Å². The maximum atomic E-state index is 13.3. The second-order valence-electron chi connectivity index (χ2n) is 6.56. The van der Waals surface area contributed by atoms with E-state index in [-0.39, 0.29) is 17.3 Å². The predicted octanol–water partition coefficient (Wildman–Crippen LogP) is 4.17. The van der Waals surface area contributed by atoms with Crippen LogP contribution in [0.5, 0.6) is 0 Å². The molecule has 21 heavy (non-hydrogen) atoms. The number of rotatable bonds is 6. The van der Waals surface area contributed by atoms with Crippen LogP contribution in [0, 0.1) is 17.2 Å². The van der Waals surface area contributed by atoms with Gasteiger partial charge in [0.15, 0.2) is 0 Å². The maximum Gasteiger partial charge on any atom is 0.124 e. The van der Waals surface area contributed by atoms with Gasteiger partial charge in [-0.1, -0.05) is 35.8 Å². The molecule has 0 saturated carbocycles. The van der Waals surface area contributed by atoms with Crippen molar-refractivity contribution in [2.75, 3.05) is 19.7 Å². The Morgan fingerprint density at radius 1 is 1.48 bits per heavy atom. The highest BCUT2D eigenvalue weighted by atomic mass is 79.9. The largest absolute Gasteiger partial charge is 0.378 e. The molecule has 1 N–H and O–H groups in total. The van der Waals surface area contributed by atoms with Crippen LogP contribution in [-0.2, 0) is 11.2 Å². The molecule has 0 amide bonds. The summed E-state index contributed by atoms with van der Waals surface area (Å²) in [5, 5.41) is 3.58. The zero-order valence-electron chi connectivity index (χ0n) is 13.1. The SMILES string of the molecule is CC(C)CNCC1(Cc2ccc(F)cc2Br)CCOC1C. The molecule has 2 nitrogen and oxygen atoms in total. The Morgan fingerprint density at radius 3 is 2.81 bits per heavy atom. The fraction of sp³-hybridized carbons (Fsp3) is 0.647. The summed E-state index contributed by atoms with van der Waals surface area (Å²) in [6.07, 6.45) is 2.16. The number of hydrogen-bond donors (Lipinski definition) is 1. The molecule has 0 spiro atoms. The molecular formula is C17H25BrFNO. The summed E-state index contributed by atoms with van der Waals surface area (Å²) < 4.78 is 19.9. The third kappa shape index (κ3) is 4.27. The van der Waals surface area contributed by atoms with Crippen LogP contribution in [0.1, 0.15) is 32.8 Å². The van der Waals surface area contributed by atoms with Gasteiger partial charge in [-0.15, -0.1) is 0 Å². The quantitative estimate of drug-likeness (QED) is 0.824. The Bertz CT molecular complexity index is 480. The van der Waals surface area contributed by atoms with E-state index in [0.717, 1.165) is 42.6 Å². The van der Waals surface area contributed by atoms with Crippen molar-refractivity contribution in [1.29, 1.82) is 0 Å². The maximum absolute atomic E-state index is 13.3. The van der Waals surface area contributed by atoms with Gasteiger partial charge in [0, 0.05) is 23.0 Å². The van der Waals surface area contributed by atoms with Crippen molar-refractivity contribution in [2.45, 2.75) is 39.7 Å². The molecule has 1 aliphatic rings. The lowest BCUT2D eigenvalue weighted by Crippen LogP contribution is -2.42. The molecule has 1 aromatic rings. The summed E-state index contributed by atoms with van der Waals surface area (Å²) in [4.78, 5) is 0. The van der Waals surface area contributed by atoms with Crippen LogP contribution in [0.15, 0.2) is 22.7 Å². The molecule has 1 fully saturated rings. The van der Waals surface area contributed by atoms with Gasteiger partial charge >= 0.3 is 0 Å². The van der Waals surface area contributed by atoms with Crippen LogP contribution >= 0.6 is 15.9 Å². The van der Waals surface area contributed by atoms with Crippen LogP contribution in [-0.4, -0.2) is 25.8 Å².